The second-order valence-electron chi connectivity index (χ2n) is 24.8. The van der Waals surface area contributed by atoms with Crippen LogP contribution in [-0.4, -0.2) is 29.7 Å². The lowest BCUT2D eigenvalue weighted by Crippen LogP contribution is -2.28. The first-order valence-corrected chi connectivity index (χ1v) is 32.4. The standard InChI is InChI=1S/C88H58N6/c1-9-25-81-69(17-1)70-18-2-10-26-82(70)91(81)65-45-37-59(38-46-65)77-53-63(54-78(89-77)60-39-47-66(48-40-60)92-83-27-11-3-19-71(83)72-20-4-12-28-84(72)92)57-33-35-58(36-34-57)64-55-79(61-41-49-67(50-42-61)93-85-29-13-5-21-73(85)74-22-6-14-30-86(74)93)90-80(56-64)62-43-51-68(52-44-62)94-87-31-15-7-23-75(87)76-24-8-16-32-88(76)94/h1-56,69,81H. The number of anilines is 2. The summed E-state index contributed by atoms with van der Waals surface area (Å²) >= 11 is 0. The molecule has 1 aliphatic heterocycles. The van der Waals surface area contributed by atoms with E-state index >= 15 is 0 Å². The molecule has 0 saturated carbocycles. The van der Waals surface area contributed by atoms with Gasteiger partial charge in [0, 0.05) is 88.9 Å². The van der Waals surface area contributed by atoms with Crippen LogP contribution in [0.5, 0.6) is 0 Å². The van der Waals surface area contributed by atoms with Gasteiger partial charge >= 0.3 is 0 Å². The monoisotopic (exact) mass is 1200 g/mol. The average Bonchev–Trinajstić information content (AvgIpc) is 1.61. The van der Waals surface area contributed by atoms with Gasteiger partial charge in [0.1, 0.15) is 0 Å². The summed E-state index contributed by atoms with van der Waals surface area (Å²) in [6.07, 6.45) is 9.03. The number of nitrogens with zero attached hydrogens (tertiary/aromatic N) is 6. The van der Waals surface area contributed by atoms with Gasteiger partial charge < -0.3 is 18.6 Å². The summed E-state index contributed by atoms with van der Waals surface area (Å²) < 4.78 is 7.11. The van der Waals surface area contributed by atoms with Crippen LogP contribution in [0.15, 0.2) is 340 Å². The van der Waals surface area contributed by atoms with E-state index in [2.05, 4.69) is 358 Å². The third-order valence-electron chi connectivity index (χ3n) is 19.6. The highest BCUT2D eigenvalue weighted by Crippen LogP contribution is 2.48. The van der Waals surface area contributed by atoms with Gasteiger partial charge in [-0.1, -0.05) is 224 Å². The molecule has 12 aromatic carbocycles. The SMILES string of the molecule is C1=CC2c3ccccc3N(c3ccc(-c4cc(-c5ccc(-c6cc(-c7ccc(-n8c9ccccc9c9ccccc98)cc7)nc(-c7ccc(-n8c9ccccc9c9ccccc98)cc7)c6)cc5)cc(-c5ccc(-n6c7ccccc7c7ccccc76)cc5)n4)cc3)C2C=C1. The van der Waals surface area contributed by atoms with Crippen LogP contribution in [-0.2, 0) is 0 Å². The fourth-order valence-corrected chi connectivity index (χ4v) is 15.2. The predicted molar refractivity (Wildman–Crippen MR) is 391 cm³/mol. The minimum atomic E-state index is 0.217. The molecule has 2 atom stereocenters. The molecule has 5 aromatic heterocycles. The first-order chi connectivity index (χ1) is 46.6. The van der Waals surface area contributed by atoms with E-state index in [0.717, 1.165) is 90.0 Å². The van der Waals surface area contributed by atoms with Gasteiger partial charge in [-0.2, -0.15) is 0 Å². The number of hydrogen-bond donors (Lipinski definition) is 0. The minimum Gasteiger partial charge on any atom is -0.333 e. The van der Waals surface area contributed by atoms with E-state index in [1.54, 1.807) is 0 Å². The third kappa shape index (κ3) is 8.72. The van der Waals surface area contributed by atoms with Crippen molar-refractivity contribution in [1.29, 1.82) is 0 Å². The van der Waals surface area contributed by atoms with Crippen LogP contribution < -0.4 is 4.90 Å². The molecule has 2 unspecified atom stereocenters. The Kier molecular flexibility index (Phi) is 12.3. The number of allylic oxidation sites excluding steroid dienone is 2. The van der Waals surface area contributed by atoms with E-state index < -0.39 is 0 Å². The number of fused-ring (bicyclic) bond motifs is 12. The fraction of sp³-hybridized carbons (Fsp3) is 0.0227. The predicted octanol–water partition coefficient (Wildman–Crippen LogP) is 22.5. The van der Waals surface area contributed by atoms with Gasteiger partial charge in [0.25, 0.3) is 0 Å². The highest BCUT2D eigenvalue weighted by atomic mass is 15.2. The largest absolute Gasteiger partial charge is 0.333 e. The van der Waals surface area contributed by atoms with E-state index in [-0.39, 0.29) is 6.04 Å². The molecule has 0 N–H and O–H groups in total. The Morgan fingerprint density at radius 1 is 0.234 bits per heavy atom. The van der Waals surface area contributed by atoms with E-state index in [4.69, 9.17) is 9.97 Å². The van der Waals surface area contributed by atoms with Gasteiger partial charge in [0.2, 0.25) is 0 Å². The Morgan fingerprint density at radius 2 is 0.511 bits per heavy atom. The highest BCUT2D eigenvalue weighted by Gasteiger charge is 2.37. The summed E-state index contributed by atoms with van der Waals surface area (Å²) in [7, 11) is 0. The molecule has 6 heteroatoms. The third-order valence-corrected chi connectivity index (χ3v) is 19.6. The van der Waals surface area contributed by atoms with Crippen molar-refractivity contribution in [3.8, 4) is 84.3 Å². The second-order valence-corrected chi connectivity index (χ2v) is 24.8. The molecule has 0 bridgehead atoms. The summed E-state index contributed by atoms with van der Waals surface area (Å²) in [4.78, 5) is 13.5. The van der Waals surface area contributed by atoms with Crippen molar-refractivity contribution in [2.75, 3.05) is 4.90 Å². The van der Waals surface area contributed by atoms with Crippen LogP contribution in [0.25, 0.3) is 150 Å². The Bertz CT molecular complexity index is 5570. The maximum atomic E-state index is 5.51. The van der Waals surface area contributed by atoms with Crippen molar-refractivity contribution in [2.24, 2.45) is 0 Å². The lowest BCUT2D eigenvalue weighted by molar-refractivity contribution is 0.745. The quantitative estimate of drug-likeness (QED) is 0.137. The molecular weight excluding hydrogens is 1140 g/mol. The van der Waals surface area contributed by atoms with Crippen LogP contribution in [0.4, 0.5) is 11.4 Å². The molecule has 0 amide bonds. The fourth-order valence-electron chi connectivity index (χ4n) is 15.2. The van der Waals surface area contributed by atoms with E-state index in [0.29, 0.717) is 5.92 Å². The Hall–Kier alpha value is -12.4. The molecule has 0 fully saturated rings. The lowest BCUT2D eigenvalue weighted by Gasteiger charge is -2.28. The van der Waals surface area contributed by atoms with Crippen LogP contribution >= 0.6 is 0 Å². The average molecular weight is 1200 g/mol. The Balaban J connectivity index is 0.711. The van der Waals surface area contributed by atoms with Gasteiger partial charge in [0.05, 0.1) is 61.9 Å². The van der Waals surface area contributed by atoms with E-state index in [1.165, 1.54) is 76.7 Å². The zero-order valence-electron chi connectivity index (χ0n) is 51.2. The van der Waals surface area contributed by atoms with Gasteiger partial charge in [0.15, 0.2) is 0 Å². The van der Waals surface area contributed by atoms with Crippen molar-refractivity contribution in [1.82, 2.24) is 23.7 Å². The van der Waals surface area contributed by atoms with Crippen molar-refractivity contribution in [2.45, 2.75) is 12.0 Å². The van der Waals surface area contributed by atoms with Gasteiger partial charge in [-0.15, -0.1) is 0 Å². The molecule has 6 nitrogen and oxygen atoms in total. The minimum absolute atomic E-state index is 0.217. The highest BCUT2D eigenvalue weighted by molar-refractivity contribution is 6.11. The molecule has 0 radical (unpaired) electrons. The van der Waals surface area contributed by atoms with Crippen molar-refractivity contribution < 1.29 is 0 Å². The zero-order valence-corrected chi connectivity index (χ0v) is 51.2. The van der Waals surface area contributed by atoms with Crippen molar-refractivity contribution in [3.05, 3.63) is 345 Å². The zero-order chi connectivity index (χ0) is 61.8. The van der Waals surface area contributed by atoms with Gasteiger partial charge in [-0.25, -0.2) is 9.97 Å². The number of rotatable bonds is 10. The number of benzene rings is 12. The molecule has 1 aliphatic carbocycles. The maximum absolute atomic E-state index is 5.51. The summed E-state index contributed by atoms with van der Waals surface area (Å²) in [5.41, 5.74) is 26.3. The first kappa shape index (κ1) is 53.5. The topological polar surface area (TPSA) is 43.8 Å². The van der Waals surface area contributed by atoms with Gasteiger partial charge in [-0.05, 0) is 143 Å². The molecule has 0 spiro atoms. The van der Waals surface area contributed by atoms with Gasteiger partial charge in [-0.3, -0.25) is 0 Å². The molecule has 0 saturated heterocycles. The molecule has 2 aliphatic rings. The van der Waals surface area contributed by atoms with Crippen molar-refractivity contribution >= 4 is 76.8 Å². The summed E-state index contributed by atoms with van der Waals surface area (Å²) in [5, 5.41) is 7.45. The van der Waals surface area contributed by atoms with E-state index in [9.17, 15) is 0 Å². The summed E-state index contributed by atoms with van der Waals surface area (Å²) in [6.45, 7) is 0. The van der Waals surface area contributed by atoms with E-state index in [1.807, 2.05) is 0 Å². The molecule has 17 aromatic rings. The molecule has 19 rings (SSSR count). The number of hydrogen-bond acceptors (Lipinski definition) is 3. The van der Waals surface area contributed by atoms with Crippen molar-refractivity contribution in [3.63, 3.8) is 0 Å². The summed E-state index contributed by atoms with van der Waals surface area (Å²) in [6, 6.07) is 115. The molecule has 440 valence electrons. The number of pyridine rings is 2. The molecular formula is C88H58N6. The smallest absolute Gasteiger partial charge is 0.0715 e. The summed E-state index contributed by atoms with van der Waals surface area (Å²) in [5.74, 6) is 0.310. The molecule has 94 heavy (non-hydrogen) atoms. The van der Waals surface area contributed by atoms with Crippen LogP contribution in [0, 0.1) is 0 Å². The van der Waals surface area contributed by atoms with Crippen LogP contribution in [0.1, 0.15) is 11.5 Å². The maximum Gasteiger partial charge on any atom is 0.0715 e. The van der Waals surface area contributed by atoms with Crippen LogP contribution in [0.3, 0.4) is 0 Å². The first-order valence-electron chi connectivity index (χ1n) is 32.4. The number of para-hydroxylation sites is 7. The Morgan fingerprint density at radius 3 is 0.851 bits per heavy atom. The second kappa shape index (κ2) is 21.7. The lowest BCUT2D eigenvalue weighted by atomic mass is 9.91. The van der Waals surface area contributed by atoms with Crippen LogP contribution in [0.2, 0.25) is 0 Å². The Labute approximate surface area is 543 Å². The normalized spacial score (nSPS) is 14.3. The molecule has 6 heterocycles. The number of aromatic nitrogens is 5.